The van der Waals surface area contributed by atoms with Crippen molar-refractivity contribution >= 4 is 27.2 Å². The summed E-state index contributed by atoms with van der Waals surface area (Å²) < 4.78 is 85.0. The van der Waals surface area contributed by atoms with Crippen LogP contribution >= 0.6 is 0 Å². The number of rotatable bonds is 2. The lowest BCUT2D eigenvalue weighted by Gasteiger charge is -2.35. The first kappa shape index (κ1) is 18.2. The van der Waals surface area contributed by atoms with Gasteiger partial charge in [-0.25, -0.2) is 4.39 Å². The van der Waals surface area contributed by atoms with Crippen molar-refractivity contribution in [2.24, 2.45) is 16.2 Å². The average Bonchev–Trinajstić information content (AvgIpc) is 3.40. The molecule has 2 bridgehead atoms. The number of anilines is 2. The van der Waals surface area contributed by atoms with Crippen LogP contribution in [0, 0.1) is 17.7 Å². The summed E-state index contributed by atoms with van der Waals surface area (Å²) in [5, 5.41) is 5.91. The molecule has 1 saturated carbocycles. The molecule has 152 valence electrons. The third kappa shape index (κ3) is 2.78. The van der Waals surface area contributed by atoms with E-state index in [4.69, 9.17) is 0 Å². The van der Waals surface area contributed by atoms with Crippen LogP contribution in [0.4, 0.5) is 28.9 Å². The fraction of sp³-hybridized carbons (Fsp3) is 0.588. The van der Waals surface area contributed by atoms with Crippen LogP contribution in [0.3, 0.4) is 0 Å². The van der Waals surface area contributed by atoms with Gasteiger partial charge in [0.2, 0.25) is 0 Å². The number of nitrogens with zero attached hydrogens (tertiary/aromatic N) is 2. The molecule has 3 heterocycles. The standard InChI is InChI=1S/C17H18F4N4O2S/c18-10-4-12(25-11-3-9(6-22-7-11)15(25)17(19,20)21)14-13(5-10)28(26,27)24-16(23-14)8-1-2-8/h4-5,8-9,11,15,22H,1-3,6-7H2,(H,23,24)/t9-,11+,15+/m1/s1. The minimum absolute atomic E-state index is 0.0000926. The van der Waals surface area contributed by atoms with Gasteiger partial charge in [0.1, 0.15) is 22.6 Å². The van der Waals surface area contributed by atoms with E-state index in [1.165, 1.54) is 0 Å². The SMILES string of the molecule is O=S1(=O)N=C(C2CC2)Nc2c(N3[C@@H]4CNC[C@@H](C4)[C@H]3C(F)(F)F)cc(F)cc21. The van der Waals surface area contributed by atoms with Crippen molar-refractivity contribution in [2.75, 3.05) is 23.3 Å². The molecule has 6 nitrogen and oxygen atoms in total. The first-order chi connectivity index (χ1) is 13.1. The zero-order chi connectivity index (χ0) is 19.8. The van der Waals surface area contributed by atoms with Crippen molar-refractivity contribution < 1.29 is 26.0 Å². The molecular weight excluding hydrogens is 400 g/mol. The molecule has 2 N–H and O–H groups in total. The van der Waals surface area contributed by atoms with Crippen LogP contribution in [0.5, 0.6) is 0 Å². The molecule has 5 rings (SSSR count). The van der Waals surface area contributed by atoms with Gasteiger partial charge in [0.25, 0.3) is 10.0 Å². The molecule has 0 spiro atoms. The van der Waals surface area contributed by atoms with Gasteiger partial charge in [-0.1, -0.05) is 0 Å². The summed E-state index contributed by atoms with van der Waals surface area (Å²) in [5.41, 5.74) is -0.0646. The number of benzene rings is 1. The highest BCUT2D eigenvalue weighted by atomic mass is 32.2. The maximum Gasteiger partial charge on any atom is 0.409 e. The van der Waals surface area contributed by atoms with Gasteiger partial charge in [-0.3, -0.25) is 0 Å². The van der Waals surface area contributed by atoms with Crippen molar-refractivity contribution in [3.8, 4) is 0 Å². The van der Waals surface area contributed by atoms with Gasteiger partial charge in [-0.2, -0.15) is 21.6 Å². The van der Waals surface area contributed by atoms with Gasteiger partial charge in [-0.15, -0.1) is 4.40 Å². The highest BCUT2D eigenvalue weighted by Gasteiger charge is 2.57. The summed E-state index contributed by atoms with van der Waals surface area (Å²) >= 11 is 0. The number of hydrogen-bond acceptors (Lipinski definition) is 5. The lowest BCUT2D eigenvalue weighted by Crippen LogP contribution is -2.47. The van der Waals surface area contributed by atoms with Crippen molar-refractivity contribution in [3.63, 3.8) is 0 Å². The Hall–Kier alpha value is -1.88. The maximum absolute atomic E-state index is 14.3. The van der Waals surface area contributed by atoms with Gasteiger partial charge in [0.15, 0.2) is 0 Å². The zero-order valence-corrected chi connectivity index (χ0v) is 15.4. The van der Waals surface area contributed by atoms with Gasteiger partial charge in [0, 0.05) is 31.0 Å². The molecule has 3 fully saturated rings. The molecule has 3 aliphatic heterocycles. The fourth-order valence-corrected chi connectivity index (χ4v) is 5.82. The third-order valence-electron chi connectivity index (χ3n) is 5.87. The van der Waals surface area contributed by atoms with E-state index in [1.54, 1.807) is 0 Å². The molecule has 11 heteroatoms. The van der Waals surface area contributed by atoms with Crippen molar-refractivity contribution in [2.45, 2.75) is 42.4 Å². The largest absolute Gasteiger partial charge is 0.409 e. The van der Waals surface area contributed by atoms with Gasteiger partial charge < -0.3 is 15.5 Å². The van der Waals surface area contributed by atoms with Crippen molar-refractivity contribution in [3.05, 3.63) is 17.9 Å². The molecular formula is C17H18F4N4O2S. The summed E-state index contributed by atoms with van der Waals surface area (Å²) in [6.45, 7) is 0.542. The Labute approximate surface area is 159 Å². The van der Waals surface area contributed by atoms with Crippen molar-refractivity contribution in [1.82, 2.24) is 5.32 Å². The van der Waals surface area contributed by atoms with E-state index in [-0.39, 0.29) is 29.7 Å². The van der Waals surface area contributed by atoms with E-state index < -0.39 is 44.9 Å². The maximum atomic E-state index is 14.3. The molecule has 1 aliphatic carbocycles. The molecule has 0 unspecified atom stereocenters. The van der Waals surface area contributed by atoms with Gasteiger partial charge >= 0.3 is 6.18 Å². The fourth-order valence-electron chi connectivity index (χ4n) is 4.59. The van der Waals surface area contributed by atoms with Crippen LogP contribution in [0.1, 0.15) is 19.3 Å². The Balaban J connectivity index is 1.68. The summed E-state index contributed by atoms with van der Waals surface area (Å²) in [7, 11) is -4.18. The first-order valence-corrected chi connectivity index (χ1v) is 10.6. The monoisotopic (exact) mass is 418 g/mol. The molecule has 4 aliphatic rings. The number of sulfonamides is 1. The number of alkyl halides is 3. The van der Waals surface area contributed by atoms with Gasteiger partial charge in [0.05, 0.1) is 11.4 Å². The topological polar surface area (TPSA) is 73.8 Å². The van der Waals surface area contributed by atoms with Gasteiger partial charge in [-0.05, 0) is 31.4 Å². The molecule has 28 heavy (non-hydrogen) atoms. The second kappa shape index (κ2) is 5.82. The van der Waals surface area contributed by atoms with E-state index in [2.05, 4.69) is 15.0 Å². The average molecular weight is 418 g/mol. The van der Waals surface area contributed by atoms with E-state index in [1.807, 2.05) is 0 Å². The van der Waals surface area contributed by atoms with E-state index in [0.717, 1.165) is 29.9 Å². The minimum Gasteiger partial charge on any atom is -0.353 e. The third-order valence-corrected chi connectivity index (χ3v) is 7.19. The predicted molar refractivity (Wildman–Crippen MR) is 94.5 cm³/mol. The second-order valence-corrected chi connectivity index (χ2v) is 9.42. The minimum atomic E-state index is -4.52. The Morgan fingerprint density at radius 2 is 1.93 bits per heavy atom. The molecule has 2 saturated heterocycles. The molecule has 0 aromatic heterocycles. The Kier molecular flexibility index (Phi) is 3.77. The van der Waals surface area contributed by atoms with Crippen LogP contribution < -0.4 is 15.5 Å². The van der Waals surface area contributed by atoms with Crippen molar-refractivity contribution in [1.29, 1.82) is 0 Å². The normalized spacial score (nSPS) is 31.2. The summed E-state index contributed by atoms with van der Waals surface area (Å²) in [6.07, 6.45) is -2.68. The molecule has 1 aromatic rings. The highest BCUT2D eigenvalue weighted by Crippen LogP contribution is 2.49. The number of nitrogens with one attached hydrogen (secondary N) is 2. The molecule has 0 radical (unpaired) electrons. The molecule has 1 aromatic carbocycles. The number of halogens is 4. The van der Waals surface area contributed by atoms with E-state index >= 15 is 0 Å². The Morgan fingerprint density at radius 1 is 1.18 bits per heavy atom. The molecule has 0 amide bonds. The number of hydrogen-bond donors (Lipinski definition) is 2. The zero-order valence-electron chi connectivity index (χ0n) is 14.6. The quantitative estimate of drug-likeness (QED) is 0.722. The first-order valence-electron chi connectivity index (χ1n) is 9.16. The lowest BCUT2D eigenvalue weighted by atomic mass is 9.96. The summed E-state index contributed by atoms with van der Waals surface area (Å²) in [4.78, 5) is 0.743. The predicted octanol–water partition coefficient (Wildman–Crippen LogP) is 2.48. The summed E-state index contributed by atoms with van der Waals surface area (Å²) in [6, 6.07) is -0.483. The van der Waals surface area contributed by atoms with E-state index in [0.29, 0.717) is 13.0 Å². The molecule has 3 atom stereocenters. The Morgan fingerprint density at radius 3 is 2.61 bits per heavy atom. The number of amidine groups is 1. The van der Waals surface area contributed by atoms with Crippen LogP contribution in [-0.2, 0) is 10.0 Å². The van der Waals surface area contributed by atoms with Crippen LogP contribution in [0.15, 0.2) is 21.4 Å². The highest BCUT2D eigenvalue weighted by molar-refractivity contribution is 7.90. The van der Waals surface area contributed by atoms with Crippen LogP contribution in [-0.4, -0.2) is 45.6 Å². The summed E-state index contributed by atoms with van der Waals surface area (Å²) in [5.74, 6) is -1.41. The smallest absolute Gasteiger partial charge is 0.353 e. The van der Waals surface area contributed by atoms with Crippen LogP contribution in [0.2, 0.25) is 0 Å². The van der Waals surface area contributed by atoms with E-state index in [9.17, 15) is 26.0 Å². The number of fused-ring (bicyclic) bond motifs is 3. The number of piperidine rings is 1. The lowest BCUT2D eigenvalue weighted by molar-refractivity contribution is -0.154. The Bertz CT molecular complexity index is 974. The second-order valence-electron chi connectivity index (χ2n) is 7.85. The van der Waals surface area contributed by atoms with Crippen LogP contribution in [0.25, 0.3) is 0 Å².